The fraction of sp³-hybridized carbons (Fsp3) is 0.875. The van der Waals surface area contributed by atoms with Crippen molar-refractivity contribution in [3.05, 3.63) is 0 Å². The molecule has 3 N–H and O–H groups in total. The summed E-state index contributed by atoms with van der Waals surface area (Å²) in [6.45, 7) is 0.869. The minimum atomic E-state index is -4.11. The van der Waals surface area contributed by atoms with Gasteiger partial charge in [0.1, 0.15) is 0 Å². The second-order valence-corrected chi connectivity index (χ2v) is 3.28. The van der Waals surface area contributed by atoms with E-state index in [1.807, 2.05) is 0 Å². The summed E-state index contributed by atoms with van der Waals surface area (Å²) in [5.74, 6) is -0.623. The second-order valence-electron chi connectivity index (χ2n) is 3.28. The molecule has 0 aromatic carbocycles. The number of hydrogen-bond acceptors (Lipinski definition) is 3. The molecule has 0 amide bonds. The van der Waals surface area contributed by atoms with Crippen molar-refractivity contribution in [1.82, 2.24) is 5.32 Å². The molecule has 1 heterocycles. The van der Waals surface area contributed by atoms with Gasteiger partial charge in [0.25, 0.3) is 0 Å². The maximum atomic E-state index is 12.2. The van der Waals surface area contributed by atoms with Crippen LogP contribution >= 0.6 is 0 Å². The van der Waals surface area contributed by atoms with Crippen LogP contribution in [0.15, 0.2) is 4.99 Å². The Morgan fingerprint density at radius 2 is 2.21 bits per heavy atom. The van der Waals surface area contributed by atoms with E-state index in [1.165, 1.54) is 0 Å². The smallest absolute Gasteiger partial charge is 0.373 e. The van der Waals surface area contributed by atoms with E-state index >= 15 is 0 Å². The molecule has 0 aromatic heterocycles. The van der Waals surface area contributed by atoms with Crippen LogP contribution in [0.2, 0.25) is 0 Å². The summed E-state index contributed by atoms with van der Waals surface area (Å²) in [7, 11) is 0. The molecule has 6 heteroatoms. The molecule has 3 nitrogen and oxygen atoms in total. The van der Waals surface area contributed by atoms with Crippen LogP contribution in [0.1, 0.15) is 12.8 Å². The molecule has 0 saturated carbocycles. The first kappa shape index (κ1) is 11.3. The summed E-state index contributed by atoms with van der Waals surface area (Å²) < 4.78 is 36.6. The van der Waals surface area contributed by atoms with Crippen molar-refractivity contribution in [3.8, 4) is 0 Å². The molecule has 1 atom stereocenters. The predicted molar refractivity (Wildman–Crippen MR) is 48.1 cm³/mol. The number of halogens is 3. The highest BCUT2D eigenvalue weighted by molar-refractivity contribution is 5.82. The number of rotatable bonds is 2. The number of nitrogens with zero attached hydrogens (tertiary/aromatic N) is 1. The van der Waals surface area contributed by atoms with Gasteiger partial charge in [-0.1, -0.05) is 0 Å². The zero-order chi connectivity index (χ0) is 10.6. The number of aliphatic imine (C=N–C) groups is 1. The standard InChI is InChI=1S/C8H14F3N3/c9-8(10,11)6-1-2-7(14-5-6)13-4-3-12/h6H,1-5,12H2,(H,13,14). The van der Waals surface area contributed by atoms with Crippen LogP contribution in [-0.4, -0.2) is 31.6 Å². The molecular weight excluding hydrogens is 195 g/mol. The molecule has 1 unspecified atom stereocenters. The first-order valence-electron chi connectivity index (χ1n) is 4.58. The molecule has 0 radical (unpaired) electrons. The third kappa shape index (κ3) is 3.17. The lowest BCUT2D eigenvalue weighted by Gasteiger charge is -2.23. The van der Waals surface area contributed by atoms with E-state index in [9.17, 15) is 13.2 Å². The summed E-state index contributed by atoms with van der Waals surface area (Å²) in [4.78, 5) is 3.84. The van der Waals surface area contributed by atoms with Crippen LogP contribution in [0, 0.1) is 5.92 Å². The highest BCUT2D eigenvalue weighted by Crippen LogP contribution is 2.31. The number of nitrogens with one attached hydrogen (secondary N) is 1. The van der Waals surface area contributed by atoms with E-state index in [1.54, 1.807) is 0 Å². The zero-order valence-electron chi connectivity index (χ0n) is 7.77. The largest absolute Gasteiger partial charge is 0.393 e. The number of hydrogen-bond donors (Lipinski definition) is 2. The average Bonchev–Trinajstić information content (AvgIpc) is 2.14. The predicted octanol–water partition coefficient (Wildman–Crippen LogP) is 0.905. The molecule has 0 spiro atoms. The van der Waals surface area contributed by atoms with Crippen LogP contribution in [-0.2, 0) is 0 Å². The lowest BCUT2D eigenvalue weighted by Crippen LogP contribution is -2.36. The van der Waals surface area contributed by atoms with E-state index < -0.39 is 12.1 Å². The highest BCUT2D eigenvalue weighted by Gasteiger charge is 2.40. The Balaban J connectivity index is 2.39. The van der Waals surface area contributed by atoms with Crippen LogP contribution in [0.3, 0.4) is 0 Å². The molecule has 0 fully saturated rings. The van der Waals surface area contributed by atoms with Gasteiger partial charge in [0, 0.05) is 19.5 Å². The van der Waals surface area contributed by atoms with Gasteiger partial charge in [-0.25, -0.2) is 0 Å². The molecule has 14 heavy (non-hydrogen) atoms. The lowest BCUT2D eigenvalue weighted by molar-refractivity contribution is -0.173. The SMILES string of the molecule is NCCNC1=NCC(C(F)(F)F)CC1. The van der Waals surface area contributed by atoms with Crippen LogP contribution in [0.25, 0.3) is 0 Å². The van der Waals surface area contributed by atoms with Crippen molar-refractivity contribution in [2.45, 2.75) is 19.0 Å². The Morgan fingerprint density at radius 3 is 2.64 bits per heavy atom. The molecule has 0 aliphatic carbocycles. The second kappa shape index (κ2) is 4.63. The van der Waals surface area contributed by atoms with E-state index in [0.29, 0.717) is 25.3 Å². The number of nitrogens with two attached hydrogens (primary N) is 1. The van der Waals surface area contributed by atoms with Gasteiger partial charge in [0.15, 0.2) is 0 Å². The molecule has 0 saturated heterocycles. The molecule has 1 rings (SSSR count). The summed E-state index contributed by atoms with van der Waals surface area (Å²) in [5.41, 5.74) is 5.24. The van der Waals surface area contributed by atoms with Crippen molar-refractivity contribution < 1.29 is 13.2 Å². The van der Waals surface area contributed by atoms with E-state index in [4.69, 9.17) is 5.73 Å². The first-order valence-corrected chi connectivity index (χ1v) is 4.58. The van der Waals surface area contributed by atoms with Crippen LogP contribution in [0.5, 0.6) is 0 Å². The lowest BCUT2D eigenvalue weighted by atomic mass is 10.00. The number of amidine groups is 1. The maximum absolute atomic E-state index is 12.2. The molecule has 1 aliphatic rings. The molecule has 0 aromatic rings. The Morgan fingerprint density at radius 1 is 1.50 bits per heavy atom. The Kier molecular flexibility index (Phi) is 3.74. The Bertz CT molecular complexity index is 212. The van der Waals surface area contributed by atoms with Crippen molar-refractivity contribution in [2.24, 2.45) is 16.6 Å². The highest BCUT2D eigenvalue weighted by atomic mass is 19.4. The normalized spacial score (nSPS) is 23.1. The summed E-state index contributed by atoms with van der Waals surface area (Å²) in [6.07, 6.45) is -3.62. The molecular formula is C8H14F3N3. The van der Waals surface area contributed by atoms with Gasteiger partial charge in [0.2, 0.25) is 0 Å². The topological polar surface area (TPSA) is 50.4 Å². The van der Waals surface area contributed by atoms with E-state index in [-0.39, 0.29) is 13.0 Å². The summed E-state index contributed by atoms with van der Waals surface area (Å²) in [5, 5.41) is 2.90. The van der Waals surface area contributed by atoms with Crippen LogP contribution < -0.4 is 11.1 Å². The molecule has 0 bridgehead atoms. The summed E-state index contributed by atoms with van der Waals surface area (Å²) >= 11 is 0. The summed E-state index contributed by atoms with van der Waals surface area (Å²) in [6, 6.07) is 0. The van der Waals surface area contributed by atoms with Gasteiger partial charge in [-0.15, -0.1) is 0 Å². The van der Waals surface area contributed by atoms with Gasteiger partial charge in [-0.05, 0) is 6.42 Å². The van der Waals surface area contributed by atoms with Crippen LogP contribution in [0.4, 0.5) is 13.2 Å². The van der Waals surface area contributed by atoms with Gasteiger partial charge in [0.05, 0.1) is 18.3 Å². The first-order chi connectivity index (χ1) is 6.54. The third-order valence-electron chi connectivity index (χ3n) is 2.17. The van der Waals surface area contributed by atoms with E-state index in [2.05, 4.69) is 10.3 Å². The van der Waals surface area contributed by atoms with Gasteiger partial charge >= 0.3 is 6.18 Å². The third-order valence-corrected chi connectivity index (χ3v) is 2.17. The fourth-order valence-electron chi connectivity index (χ4n) is 1.33. The van der Waals surface area contributed by atoms with Crippen molar-refractivity contribution >= 4 is 5.84 Å². The maximum Gasteiger partial charge on any atom is 0.393 e. The van der Waals surface area contributed by atoms with Crippen molar-refractivity contribution in [1.29, 1.82) is 0 Å². The molecule has 1 aliphatic heterocycles. The molecule has 82 valence electrons. The van der Waals surface area contributed by atoms with Crippen molar-refractivity contribution in [3.63, 3.8) is 0 Å². The van der Waals surface area contributed by atoms with E-state index in [0.717, 1.165) is 0 Å². The Hall–Kier alpha value is -0.780. The monoisotopic (exact) mass is 209 g/mol. The Labute approximate surface area is 80.6 Å². The minimum Gasteiger partial charge on any atom is -0.373 e. The van der Waals surface area contributed by atoms with Gasteiger partial charge in [-0.2, -0.15) is 13.2 Å². The van der Waals surface area contributed by atoms with Gasteiger partial charge in [-0.3, -0.25) is 4.99 Å². The zero-order valence-corrected chi connectivity index (χ0v) is 7.77. The minimum absolute atomic E-state index is 0.125. The number of alkyl halides is 3. The average molecular weight is 209 g/mol. The van der Waals surface area contributed by atoms with Gasteiger partial charge < -0.3 is 11.1 Å². The van der Waals surface area contributed by atoms with Crippen molar-refractivity contribution in [2.75, 3.05) is 19.6 Å². The quantitative estimate of drug-likeness (QED) is 0.710. The fourth-order valence-corrected chi connectivity index (χ4v) is 1.33.